The van der Waals surface area contributed by atoms with Crippen LogP contribution in [0.25, 0.3) is 11.0 Å². The molecule has 2 aliphatic rings. The number of aliphatic hydroxyl groups excluding tert-OH is 1. The summed E-state index contributed by atoms with van der Waals surface area (Å²) >= 11 is 0. The molecule has 1 N–H and O–H groups in total. The highest BCUT2D eigenvalue weighted by atomic mass is 16.3. The van der Waals surface area contributed by atoms with E-state index in [1.165, 1.54) is 31.2 Å². The van der Waals surface area contributed by atoms with Crippen molar-refractivity contribution in [3.63, 3.8) is 0 Å². The first-order valence-corrected chi connectivity index (χ1v) is 11.7. The molecule has 2 aliphatic heterocycles. The minimum Gasteiger partial charge on any atom is -0.390 e. The van der Waals surface area contributed by atoms with E-state index in [0.29, 0.717) is 12.0 Å². The van der Waals surface area contributed by atoms with Crippen molar-refractivity contribution in [2.45, 2.75) is 77.6 Å². The van der Waals surface area contributed by atoms with Gasteiger partial charge in [0, 0.05) is 25.7 Å². The fraction of sp³-hybridized carbons (Fsp3) is 0.708. The van der Waals surface area contributed by atoms with Gasteiger partial charge in [0.1, 0.15) is 5.82 Å². The maximum atomic E-state index is 10.9. The predicted molar refractivity (Wildman–Crippen MR) is 119 cm³/mol. The monoisotopic (exact) mass is 398 g/mol. The molecular weight excluding hydrogens is 360 g/mol. The molecule has 0 amide bonds. The first-order chi connectivity index (χ1) is 14.1. The Morgan fingerprint density at radius 3 is 2.55 bits per heavy atom. The number of piperidine rings is 1. The minimum atomic E-state index is -0.254. The fourth-order valence-electron chi connectivity index (χ4n) is 5.06. The molecule has 1 aromatic heterocycles. The van der Waals surface area contributed by atoms with Gasteiger partial charge < -0.3 is 9.67 Å². The van der Waals surface area contributed by atoms with Gasteiger partial charge in [-0.1, -0.05) is 38.8 Å². The zero-order valence-electron chi connectivity index (χ0n) is 18.3. The second-order valence-electron chi connectivity index (χ2n) is 9.46. The maximum absolute atomic E-state index is 10.9. The number of aromatic nitrogens is 2. The van der Waals surface area contributed by atoms with Crippen molar-refractivity contribution in [2.75, 3.05) is 26.2 Å². The van der Waals surface area contributed by atoms with Crippen LogP contribution in [0.3, 0.4) is 0 Å². The number of rotatable bonds is 6. The van der Waals surface area contributed by atoms with Crippen LogP contribution in [0.4, 0.5) is 0 Å². The molecule has 0 bridgehead atoms. The summed E-state index contributed by atoms with van der Waals surface area (Å²) in [5.74, 6) is 1.82. The summed E-state index contributed by atoms with van der Waals surface area (Å²) in [5, 5.41) is 10.9. The minimum absolute atomic E-state index is 0.254. The Hall–Kier alpha value is -1.43. The third-order valence-corrected chi connectivity index (χ3v) is 6.77. The summed E-state index contributed by atoms with van der Waals surface area (Å²) in [4.78, 5) is 9.93. The molecule has 2 aromatic rings. The molecule has 0 spiro atoms. The van der Waals surface area contributed by atoms with E-state index < -0.39 is 0 Å². The van der Waals surface area contributed by atoms with E-state index in [2.05, 4.69) is 52.5 Å². The molecule has 0 aliphatic carbocycles. The van der Waals surface area contributed by atoms with Gasteiger partial charge in [0.25, 0.3) is 0 Å². The second-order valence-corrected chi connectivity index (χ2v) is 9.46. The fourth-order valence-corrected chi connectivity index (χ4v) is 5.06. The van der Waals surface area contributed by atoms with Gasteiger partial charge in [0.2, 0.25) is 0 Å². The molecule has 0 unspecified atom stereocenters. The van der Waals surface area contributed by atoms with E-state index in [1.807, 2.05) is 0 Å². The first kappa shape index (κ1) is 20.8. The van der Waals surface area contributed by atoms with E-state index in [9.17, 15) is 5.11 Å². The Kier molecular flexibility index (Phi) is 6.88. The highest BCUT2D eigenvalue weighted by Gasteiger charge is 2.32. The standard InChI is InChI=1S/C24H38N4O/c1-19(2)11-16-28-21-10-6-5-9-20(21)25-24(28)18-26-15-12-22(23(29)17-26)27-13-7-3-4-8-14-27/h5-6,9-10,19,22-23,29H,3-4,7-8,11-18H2,1-2H3/t22-,23-/m1/s1. The molecular formula is C24H38N4O. The smallest absolute Gasteiger partial charge is 0.124 e. The van der Waals surface area contributed by atoms with Crippen LogP contribution < -0.4 is 0 Å². The molecule has 0 saturated carbocycles. The zero-order chi connectivity index (χ0) is 20.2. The number of aryl methyl sites for hydroxylation is 1. The van der Waals surface area contributed by atoms with Crippen molar-refractivity contribution >= 4 is 11.0 Å². The predicted octanol–water partition coefficient (Wildman–Crippen LogP) is 3.89. The molecule has 5 heteroatoms. The quantitative estimate of drug-likeness (QED) is 0.802. The third kappa shape index (κ3) is 5.01. The summed E-state index contributed by atoms with van der Waals surface area (Å²) < 4.78 is 2.41. The lowest BCUT2D eigenvalue weighted by Crippen LogP contribution is -2.54. The van der Waals surface area contributed by atoms with Crippen LogP contribution in [0, 0.1) is 5.92 Å². The lowest BCUT2D eigenvalue weighted by Gasteiger charge is -2.41. The largest absolute Gasteiger partial charge is 0.390 e. The van der Waals surface area contributed by atoms with Crippen molar-refractivity contribution < 1.29 is 5.11 Å². The lowest BCUT2D eigenvalue weighted by atomic mass is 9.99. The van der Waals surface area contributed by atoms with Crippen molar-refractivity contribution in [3.05, 3.63) is 30.1 Å². The van der Waals surface area contributed by atoms with Crippen molar-refractivity contribution in [1.82, 2.24) is 19.4 Å². The molecule has 5 nitrogen and oxygen atoms in total. The molecule has 1 aromatic carbocycles. The van der Waals surface area contributed by atoms with Crippen LogP contribution in [0.15, 0.2) is 24.3 Å². The number of fused-ring (bicyclic) bond motifs is 1. The van der Waals surface area contributed by atoms with Crippen molar-refractivity contribution in [3.8, 4) is 0 Å². The van der Waals surface area contributed by atoms with Gasteiger partial charge in [-0.05, 0) is 56.8 Å². The third-order valence-electron chi connectivity index (χ3n) is 6.77. The molecule has 160 valence electrons. The molecule has 3 heterocycles. The van der Waals surface area contributed by atoms with E-state index in [1.54, 1.807) is 0 Å². The van der Waals surface area contributed by atoms with E-state index in [0.717, 1.165) is 63.5 Å². The first-order valence-electron chi connectivity index (χ1n) is 11.7. The molecule has 29 heavy (non-hydrogen) atoms. The number of β-amino-alcohol motifs (C(OH)–C–C–N with tert-alkyl or cyclic N) is 1. The van der Waals surface area contributed by atoms with Crippen LogP contribution in [0.5, 0.6) is 0 Å². The molecule has 0 radical (unpaired) electrons. The number of hydrogen-bond donors (Lipinski definition) is 1. The Labute approximate surface area is 175 Å². The van der Waals surface area contributed by atoms with Gasteiger partial charge in [-0.3, -0.25) is 9.80 Å². The number of para-hydroxylation sites is 2. The van der Waals surface area contributed by atoms with Crippen molar-refractivity contribution in [1.29, 1.82) is 0 Å². The van der Waals surface area contributed by atoms with Crippen LogP contribution in [-0.4, -0.2) is 62.8 Å². The Bertz CT molecular complexity index is 778. The summed E-state index contributed by atoms with van der Waals surface area (Å²) in [5.41, 5.74) is 2.33. The molecule has 2 saturated heterocycles. The average Bonchev–Trinajstić information content (AvgIpc) is 2.86. The Morgan fingerprint density at radius 1 is 1.07 bits per heavy atom. The average molecular weight is 399 g/mol. The van der Waals surface area contributed by atoms with E-state index in [4.69, 9.17) is 4.98 Å². The number of likely N-dealkylation sites (tertiary alicyclic amines) is 2. The zero-order valence-corrected chi connectivity index (χ0v) is 18.3. The number of imidazole rings is 1. The van der Waals surface area contributed by atoms with Gasteiger partial charge >= 0.3 is 0 Å². The highest BCUT2D eigenvalue weighted by Crippen LogP contribution is 2.24. The van der Waals surface area contributed by atoms with E-state index in [-0.39, 0.29) is 6.10 Å². The number of nitrogens with zero attached hydrogens (tertiary/aromatic N) is 4. The molecule has 4 rings (SSSR count). The van der Waals surface area contributed by atoms with Crippen LogP contribution >= 0.6 is 0 Å². The SMILES string of the molecule is CC(C)CCn1c(CN2CC[C@@H](N3CCCCCC3)[C@H](O)C2)nc2ccccc21. The summed E-state index contributed by atoms with van der Waals surface area (Å²) in [6, 6.07) is 8.82. The van der Waals surface area contributed by atoms with Crippen LogP contribution in [0.1, 0.15) is 58.2 Å². The molecule has 2 fully saturated rings. The Morgan fingerprint density at radius 2 is 1.83 bits per heavy atom. The summed E-state index contributed by atoms with van der Waals surface area (Å²) in [6.07, 6.45) is 7.23. The van der Waals surface area contributed by atoms with Crippen molar-refractivity contribution in [2.24, 2.45) is 5.92 Å². The highest BCUT2D eigenvalue weighted by molar-refractivity contribution is 5.75. The maximum Gasteiger partial charge on any atom is 0.124 e. The van der Waals surface area contributed by atoms with Crippen LogP contribution in [0.2, 0.25) is 0 Å². The van der Waals surface area contributed by atoms with Gasteiger partial charge in [-0.25, -0.2) is 4.98 Å². The number of aliphatic hydroxyl groups is 1. The summed E-state index contributed by atoms with van der Waals surface area (Å²) in [6.45, 7) is 10.5. The molecule has 2 atom stereocenters. The van der Waals surface area contributed by atoms with Gasteiger partial charge in [0.05, 0.1) is 23.7 Å². The van der Waals surface area contributed by atoms with Gasteiger partial charge in [-0.2, -0.15) is 0 Å². The van der Waals surface area contributed by atoms with Gasteiger partial charge in [-0.15, -0.1) is 0 Å². The van der Waals surface area contributed by atoms with Gasteiger partial charge in [0.15, 0.2) is 0 Å². The normalized spacial score (nSPS) is 25.0. The summed E-state index contributed by atoms with van der Waals surface area (Å²) in [7, 11) is 0. The topological polar surface area (TPSA) is 44.5 Å². The number of benzene rings is 1. The van der Waals surface area contributed by atoms with E-state index >= 15 is 0 Å². The number of hydrogen-bond acceptors (Lipinski definition) is 4. The van der Waals surface area contributed by atoms with Crippen LogP contribution in [-0.2, 0) is 13.1 Å². The lowest BCUT2D eigenvalue weighted by molar-refractivity contribution is -0.0152. The second kappa shape index (κ2) is 9.59. The Balaban J connectivity index is 1.44.